The Bertz CT molecular complexity index is 676. The van der Waals surface area contributed by atoms with Gasteiger partial charge in [0.1, 0.15) is 5.82 Å². The third-order valence-corrected chi connectivity index (χ3v) is 4.48. The smallest absolute Gasteiger partial charge is 0.160 e. The summed E-state index contributed by atoms with van der Waals surface area (Å²) in [6.45, 7) is 3.61. The van der Waals surface area contributed by atoms with Crippen LogP contribution in [-0.4, -0.2) is 31.9 Å². The van der Waals surface area contributed by atoms with Crippen molar-refractivity contribution in [3.05, 3.63) is 53.8 Å². The van der Waals surface area contributed by atoms with Gasteiger partial charge in [0, 0.05) is 31.9 Å². The Kier molecular flexibility index (Phi) is 5.20. The van der Waals surface area contributed by atoms with Crippen LogP contribution in [0.15, 0.2) is 42.5 Å². The Labute approximate surface area is 141 Å². The number of nitrogens with zero attached hydrogens (tertiary/aromatic N) is 1. The number of ether oxygens (including phenoxy) is 1. The molecule has 2 aromatic carbocycles. The monoisotopic (exact) mass is 330 g/mol. The highest BCUT2D eigenvalue weighted by Crippen LogP contribution is 2.26. The highest BCUT2D eigenvalue weighted by Gasteiger charge is 2.22. The van der Waals surface area contributed by atoms with Crippen molar-refractivity contribution in [3.8, 4) is 11.5 Å². The molecule has 0 saturated carbocycles. The molecular formula is C19H23FN2O2. The summed E-state index contributed by atoms with van der Waals surface area (Å²) in [4.78, 5) is 2.30. The molecule has 0 amide bonds. The second kappa shape index (κ2) is 7.53. The normalized spacial score (nSPS) is 17.2. The molecule has 4 nitrogen and oxygen atoms in total. The van der Waals surface area contributed by atoms with E-state index in [9.17, 15) is 9.50 Å². The van der Waals surface area contributed by atoms with Gasteiger partial charge in [-0.2, -0.15) is 0 Å². The number of nitrogens with one attached hydrogen (secondary N) is 1. The molecule has 1 heterocycles. The second-order valence-corrected chi connectivity index (χ2v) is 6.21. The minimum atomic E-state index is -0.195. The lowest BCUT2D eigenvalue weighted by Gasteiger charge is -2.19. The van der Waals surface area contributed by atoms with Gasteiger partial charge >= 0.3 is 0 Å². The van der Waals surface area contributed by atoms with Crippen LogP contribution in [0.2, 0.25) is 0 Å². The van der Waals surface area contributed by atoms with E-state index in [2.05, 4.69) is 10.2 Å². The number of methoxy groups -OCH3 is 1. The molecule has 24 heavy (non-hydrogen) atoms. The van der Waals surface area contributed by atoms with E-state index in [0.717, 1.165) is 37.3 Å². The molecule has 0 radical (unpaired) electrons. The minimum absolute atomic E-state index is 0.167. The van der Waals surface area contributed by atoms with Crippen molar-refractivity contribution in [2.75, 3.05) is 31.6 Å². The largest absolute Gasteiger partial charge is 0.504 e. The van der Waals surface area contributed by atoms with Gasteiger partial charge < -0.3 is 20.1 Å². The molecular weight excluding hydrogens is 307 g/mol. The van der Waals surface area contributed by atoms with Crippen molar-refractivity contribution in [1.29, 1.82) is 0 Å². The highest BCUT2D eigenvalue weighted by molar-refractivity contribution is 5.47. The first-order chi connectivity index (χ1) is 11.7. The maximum absolute atomic E-state index is 13.0. The zero-order valence-corrected chi connectivity index (χ0v) is 13.8. The van der Waals surface area contributed by atoms with E-state index in [0.29, 0.717) is 18.2 Å². The molecule has 3 rings (SSSR count). The average molecular weight is 330 g/mol. The molecule has 0 aliphatic carbocycles. The number of phenolic OH excluding ortho intramolecular Hbond substituents is 1. The van der Waals surface area contributed by atoms with Crippen LogP contribution in [0, 0.1) is 11.7 Å². The standard InChI is InChI=1S/C19H23FN2O2/c1-24-19-7-2-14(10-18(19)23)11-21-12-15-8-9-22(13-15)17-5-3-16(20)4-6-17/h2-7,10,15,21,23H,8-9,11-13H2,1H3. The van der Waals surface area contributed by atoms with Gasteiger partial charge in [0.15, 0.2) is 11.5 Å². The van der Waals surface area contributed by atoms with E-state index >= 15 is 0 Å². The summed E-state index contributed by atoms with van der Waals surface area (Å²) in [6.07, 6.45) is 1.12. The molecule has 0 aromatic heterocycles. The number of aromatic hydroxyl groups is 1. The zero-order chi connectivity index (χ0) is 16.9. The molecule has 2 N–H and O–H groups in total. The summed E-state index contributed by atoms with van der Waals surface area (Å²) >= 11 is 0. The molecule has 1 fully saturated rings. The van der Waals surface area contributed by atoms with Gasteiger partial charge in [-0.25, -0.2) is 4.39 Å². The number of hydrogen-bond donors (Lipinski definition) is 2. The summed E-state index contributed by atoms with van der Waals surface area (Å²) in [6, 6.07) is 12.2. The van der Waals surface area contributed by atoms with Gasteiger partial charge in [0.25, 0.3) is 0 Å². The van der Waals surface area contributed by atoms with Crippen molar-refractivity contribution in [2.24, 2.45) is 5.92 Å². The fourth-order valence-electron chi connectivity index (χ4n) is 3.15. The van der Waals surface area contributed by atoms with Crippen LogP contribution in [0.25, 0.3) is 0 Å². The van der Waals surface area contributed by atoms with Crippen molar-refractivity contribution >= 4 is 5.69 Å². The van der Waals surface area contributed by atoms with E-state index in [1.807, 2.05) is 18.2 Å². The number of benzene rings is 2. The lowest BCUT2D eigenvalue weighted by molar-refractivity contribution is 0.373. The van der Waals surface area contributed by atoms with Crippen molar-refractivity contribution in [3.63, 3.8) is 0 Å². The van der Waals surface area contributed by atoms with Crippen molar-refractivity contribution in [1.82, 2.24) is 5.32 Å². The maximum Gasteiger partial charge on any atom is 0.160 e. The molecule has 1 unspecified atom stereocenters. The summed E-state index contributed by atoms with van der Waals surface area (Å²) in [7, 11) is 1.54. The van der Waals surface area contributed by atoms with Gasteiger partial charge in [-0.3, -0.25) is 0 Å². The van der Waals surface area contributed by atoms with Crippen LogP contribution >= 0.6 is 0 Å². The Hall–Kier alpha value is -2.27. The fourth-order valence-corrected chi connectivity index (χ4v) is 3.15. The lowest BCUT2D eigenvalue weighted by atomic mass is 10.1. The number of halogens is 1. The van der Waals surface area contributed by atoms with Crippen LogP contribution in [0.1, 0.15) is 12.0 Å². The van der Waals surface area contributed by atoms with E-state index in [1.54, 1.807) is 19.2 Å². The SMILES string of the molecule is COc1ccc(CNCC2CCN(c3ccc(F)cc3)C2)cc1O. The fraction of sp³-hybridized carbons (Fsp3) is 0.368. The average Bonchev–Trinajstić information content (AvgIpc) is 3.04. The Balaban J connectivity index is 1.46. The first kappa shape index (κ1) is 16.6. The molecule has 5 heteroatoms. The van der Waals surface area contributed by atoms with Gasteiger partial charge in [-0.05, 0) is 54.3 Å². The van der Waals surface area contributed by atoms with Crippen LogP contribution < -0.4 is 15.0 Å². The predicted molar refractivity (Wildman–Crippen MR) is 93.1 cm³/mol. The highest BCUT2D eigenvalue weighted by atomic mass is 19.1. The molecule has 1 atom stereocenters. The van der Waals surface area contributed by atoms with Gasteiger partial charge in [0.05, 0.1) is 7.11 Å². The summed E-state index contributed by atoms with van der Waals surface area (Å²) in [5.41, 5.74) is 2.11. The third-order valence-electron chi connectivity index (χ3n) is 4.48. The predicted octanol–water partition coefficient (Wildman–Crippen LogP) is 3.16. The van der Waals surface area contributed by atoms with Crippen LogP contribution in [0.4, 0.5) is 10.1 Å². The maximum atomic E-state index is 13.0. The van der Waals surface area contributed by atoms with Gasteiger partial charge in [-0.15, -0.1) is 0 Å². The Morgan fingerprint density at radius 2 is 2.04 bits per heavy atom. The summed E-state index contributed by atoms with van der Waals surface area (Å²) in [5, 5.41) is 13.2. The van der Waals surface area contributed by atoms with Crippen molar-refractivity contribution in [2.45, 2.75) is 13.0 Å². The lowest BCUT2D eigenvalue weighted by Crippen LogP contribution is -2.26. The van der Waals surface area contributed by atoms with Crippen LogP contribution in [-0.2, 0) is 6.54 Å². The number of hydrogen-bond acceptors (Lipinski definition) is 4. The van der Waals surface area contributed by atoms with Gasteiger partial charge in [0.2, 0.25) is 0 Å². The molecule has 2 aromatic rings. The number of rotatable bonds is 6. The summed E-state index contributed by atoms with van der Waals surface area (Å²) in [5.74, 6) is 1.03. The number of anilines is 1. The molecule has 0 bridgehead atoms. The molecule has 0 spiro atoms. The number of phenols is 1. The third kappa shape index (κ3) is 3.97. The van der Waals surface area contributed by atoms with Crippen molar-refractivity contribution < 1.29 is 14.2 Å². The first-order valence-corrected chi connectivity index (χ1v) is 8.23. The Morgan fingerprint density at radius 1 is 1.25 bits per heavy atom. The molecule has 1 saturated heterocycles. The quantitative estimate of drug-likeness (QED) is 0.854. The Morgan fingerprint density at radius 3 is 2.75 bits per heavy atom. The molecule has 128 valence electrons. The second-order valence-electron chi connectivity index (χ2n) is 6.21. The van der Waals surface area contributed by atoms with E-state index in [1.165, 1.54) is 12.1 Å². The van der Waals surface area contributed by atoms with Crippen LogP contribution in [0.3, 0.4) is 0 Å². The molecule has 1 aliphatic rings. The zero-order valence-electron chi connectivity index (χ0n) is 13.8. The van der Waals surface area contributed by atoms with Crippen LogP contribution in [0.5, 0.6) is 11.5 Å². The topological polar surface area (TPSA) is 44.7 Å². The van der Waals surface area contributed by atoms with E-state index < -0.39 is 0 Å². The first-order valence-electron chi connectivity index (χ1n) is 8.23. The summed E-state index contributed by atoms with van der Waals surface area (Å²) < 4.78 is 18.0. The minimum Gasteiger partial charge on any atom is -0.504 e. The van der Waals surface area contributed by atoms with Gasteiger partial charge in [-0.1, -0.05) is 6.07 Å². The van der Waals surface area contributed by atoms with E-state index in [4.69, 9.17) is 4.74 Å². The van der Waals surface area contributed by atoms with E-state index in [-0.39, 0.29) is 11.6 Å². The molecule has 1 aliphatic heterocycles.